The van der Waals surface area contributed by atoms with Crippen LogP contribution in [0.25, 0.3) is 10.2 Å². The minimum absolute atomic E-state index is 0.0771. The Morgan fingerprint density at radius 2 is 2.32 bits per heavy atom. The number of carboxylic acid groups (broad SMARTS) is 1. The Balaban J connectivity index is 2.11. The average molecular weight is 320 g/mol. The zero-order chi connectivity index (χ0) is 15.7. The third-order valence-corrected chi connectivity index (χ3v) is 5.51. The van der Waals surface area contributed by atoms with E-state index in [1.807, 2.05) is 0 Å². The molecule has 1 N–H and O–H groups in total. The van der Waals surface area contributed by atoms with Crippen molar-refractivity contribution in [2.45, 2.75) is 57.9 Å². The highest BCUT2D eigenvalue weighted by Gasteiger charge is 2.31. The standard InChI is InChI=1S/C16H20N2O3S/c1-2-3-4-8-18-9-17-14-13(15(18)19)12-10(16(20)21)6-5-7-11(12)22-14/h9-10H,2-8H2,1H3,(H,20,21). The van der Waals surface area contributed by atoms with Crippen molar-refractivity contribution < 1.29 is 9.90 Å². The summed E-state index contributed by atoms with van der Waals surface area (Å²) in [5, 5.41) is 10.0. The highest BCUT2D eigenvalue weighted by atomic mass is 32.1. The summed E-state index contributed by atoms with van der Waals surface area (Å²) in [6, 6.07) is 0. The fraction of sp³-hybridized carbons (Fsp3) is 0.562. The topological polar surface area (TPSA) is 72.2 Å². The summed E-state index contributed by atoms with van der Waals surface area (Å²) < 4.78 is 1.64. The third kappa shape index (κ3) is 2.56. The Morgan fingerprint density at radius 3 is 3.05 bits per heavy atom. The molecule has 118 valence electrons. The van der Waals surface area contributed by atoms with E-state index in [-0.39, 0.29) is 5.56 Å². The molecule has 5 nitrogen and oxygen atoms in total. The molecule has 0 saturated heterocycles. The molecular formula is C16H20N2O3S. The quantitative estimate of drug-likeness (QED) is 0.859. The molecule has 1 unspecified atom stereocenters. The largest absolute Gasteiger partial charge is 0.481 e. The minimum atomic E-state index is -0.832. The van der Waals surface area contributed by atoms with Crippen LogP contribution in [0.4, 0.5) is 0 Å². The van der Waals surface area contributed by atoms with Gasteiger partial charge in [-0.05, 0) is 31.2 Å². The van der Waals surface area contributed by atoms with Gasteiger partial charge in [0, 0.05) is 11.4 Å². The van der Waals surface area contributed by atoms with Gasteiger partial charge in [-0.2, -0.15) is 0 Å². The molecular weight excluding hydrogens is 300 g/mol. The molecule has 22 heavy (non-hydrogen) atoms. The summed E-state index contributed by atoms with van der Waals surface area (Å²) in [4.78, 5) is 30.4. The summed E-state index contributed by atoms with van der Waals surface area (Å²) >= 11 is 1.48. The molecule has 0 amide bonds. The molecule has 0 aliphatic heterocycles. The van der Waals surface area contributed by atoms with Crippen LogP contribution in [-0.2, 0) is 17.8 Å². The summed E-state index contributed by atoms with van der Waals surface area (Å²) in [5.74, 6) is -1.39. The molecule has 6 heteroatoms. The van der Waals surface area contributed by atoms with Crippen LogP contribution in [0, 0.1) is 0 Å². The summed E-state index contributed by atoms with van der Waals surface area (Å²) in [6.07, 6.45) is 7.05. The van der Waals surface area contributed by atoms with Crippen LogP contribution in [0.3, 0.4) is 0 Å². The Kier molecular flexibility index (Phi) is 4.29. The SMILES string of the molecule is CCCCCn1cnc2sc3c(c2c1=O)C(C(=O)O)CCC3. The lowest BCUT2D eigenvalue weighted by Gasteiger charge is -2.18. The molecule has 2 heterocycles. The normalized spacial score (nSPS) is 17.6. The lowest BCUT2D eigenvalue weighted by atomic mass is 9.86. The van der Waals surface area contributed by atoms with Gasteiger partial charge in [0.1, 0.15) is 4.83 Å². The fourth-order valence-electron chi connectivity index (χ4n) is 3.20. The first-order valence-electron chi connectivity index (χ1n) is 7.87. The number of rotatable bonds is 5. The number of fused-ring (bicyclic) bond motifs is 3. The van der Waals surface area contributed by atoms with Crippen LogP contribution in [0.5, 0.6) is 0 Å². The number of nitrogens with zero attached hydrogens (tertiary/aromatic N) is 2. The van der Waals surface area contributed by atoms with Gasteiger partial charge in [0.25, 0.3) is 5.56 Å². The lowest BCUT2D eigenvalue weighted by Crippen LogP contribution is -2.23. The number of aromatic nitrogens is 2. The second kappa shape index (κ2) is 6.20. The number of unbranched alkanes of at least 4 members (excludes halogenated alkanes) is 2. The van der Waals surface area contributed by atoms with Crippen LogP contribution in [0.15, 0.2) is 11.1 Å². The molecule has 1 atom stereocenters. The Morgan fingerprint density at radius 1 is 1.50 bits per heavy atom. The van der Waals surface area contributed by atoms with Crippen molar-refractivity contribution in [3.8, 4) is 0 Å². The van der Waals surface area contributed by atoms with Crippen LogP contribution in [0.2, 0.25) is 0 Å². The molecule has 1 aliphatic rings. The van der Waals surface area contributed by atoms with Gasteiger partial charge in [0.05, 0.1) is 17.6 Å². The second-order valence-electron chi connectivity index (χ2n) is 5.85. The lowest BCUT2D eigenvalue weighted by molar-refractivity contribution is -0.139. The van der Waals surface area contributed by atoms with E-state index in [1.165, 1.54) is 11.3 Å². The van der Waals surface area contributed by atoms with Gasteiger partial charge >= 0.3 is 5.97 Å². The first kappa shape index (κ1) is 15.2. The van der Waals surface area contributed by atoms with E-state index in [2.05, 4.69) is 11.9 Å². The molecule has 2 aromatic rings. The predicted octanol–water partition coefficient (Wildman–Crippen LogP) is 3.15. The fourth-order valence-corrected chi connectivity index (χ4v) is 4.43. The molecule has 1 aliphatic carbocycles. The van der Waals surface area contributed by atoms with Gasteiger partial charge < -0.3 is 5.11 Å². The number of carbonyl (C=O) groups is 1. The van der Waals surface area contributed by atoms with Crippen molar-refractivity contribution in [1.82, 2.24) is 9.55 Å². The monoisotopic (exact) mass is 320 g/mol. The molecule has 0 fully saturated rings. The Labute approximate surface area is 132 Å². The maximum atomic E-state index is 12.8. The van der Waals surface area contributed by atoms with Gasteiger partial charge in [-0.3, -0.25) is 14.2 Å². The van der Waals surface area contributed by atoms with Crippen molar-refractivity contribution in [1.29, 1.82) is 0 Å². The van der Waals surface area contributed by atoms with Crippen molar-refractivity contribution in [3.05, 3.63) is 27.1 Å². The van der Waals surface area contributed by atoms with Crippen molar-refractivity contribution in [3.63, 3.8) is 0 Å². The van der Waals surface area contributed by atoms with Gasteiger partial charge in [-0.15, -0.1) is 11.3 Å². The van der Waals surface area contributed by atoms with Crippen molar-refractivity contribution in [2.75, 3.05) is 0 Å². The van der Waals surface area contributed by atoms with Gasteiger partial charge in [0.2, 0.25) is 0 Å². The maximum Gasteiger partial charge on any atom is 0.311 e. The third-order valence-electron chi connectivity index (χ3n) is 4.34. The molecule has 0 radical (unpaired) electrons. The number of aryl methyl sites for hydroxylation is 2. The van der Waals surface area contributed by atoms with E-state index in [1.54, 1.807) is 10.9 Å². The van der Waals surface area contributed by atoms with E-state index < -0.39 is 11.9 Å². The first-order chi connectivity index (χ1) is 10.6. The van der Waals surface area contributed by atoms with E-state index in [4.69, 9.17) is 0 Å². The van der Waals surface area contributed by atoms with E-state index in [9.17, 15) is 14.7 Å². The van der Waals surface area contributed by atoms with Gasteiger partial charge in [-0.25, -0.2) is 4.98 Å². The second-order valence-corrected chi connectivity index (χ2v) is 6.94. The van der Waals surface area contributed by atoms with Crippen LogP contribution in [0.1, 0.15) is 55.4 Å². The first-order valence-corrected chi connectivity index (χ1v) is 8.68. The number of hydrogen-bond donors (Lipinski definition) is 1. The average Bonchev–Trinajstić information content (AvgIpc) is 2.88. The smallest absolute Gasteiger partial charge is 0.311 e. The number of thiophene rings is 1. The Hall–Kier alpha value is -1.69. The Bertz CT molecular complexity index is 763. The van der Waals surface area contributed by atoms with Crippen molar-refractivity contribution >= 4 is 27.5 Å². The zero-order valence-corrected chi connectivity index (χ0v) is 13.5. The minimum Gasteiger partial charge on any atom is -0.481 e. The van der Waals surface area contributed by atoms with Gasteiger partial charge in [-0.1, -0.05) is 19.8 Å². The number of hydrogen-bond acceptors (Lipinski definition) is 4. The molecule has 0 spiro atoms. The highest BCUT2D eigenvalue weighted by Crippen LogP contribution is 2.40. The molecule has 0 bridgehead atoms. The van der Waals surface area contributed by atoms with Gasteiger partial charge in [0.15, 0.2) is 0 Å². The van der Waals surface area contributed by atoms with E-state index >= 15 is 0 Å². The van der Waals surface area contributed by atoms with E-state index in [0.29, 0.717) is 23.2 Å². The molecule has 3 rings (SSSR count). The molecule has 0 saturated carbocycles. The van der Waals surface area contributed by atoms with Crippen molar-refractivity contribution in [2.24, 2.45) is 0 Å². The predicted molar refractivity (Wildman–Crippen MR) is 86.7 cm³/mol. The molecule has 2 aromatic heterocycles. The zero-order valence-electron chi connectivity index (χ0n) is 12.7. The summed E-state index contributed by atoms with van der Waals surface area (Å²) in [7, 11) is 0. The molecule has 0 aromatic carbocycles. The van der Waals surface area contributed by atoms with E-state index in [0.717, 1.165) is 42.5 Å². The summed E-state index contributed by atoms with van der Waals surface area (Å²) in [6.45, 7) is 2.77. The number of aliphatic carboxylic acids is 1. The highest BCUT2D eigenvalue weighted by molar-refractivity contribution is 7.18. The number of carboxylic acids is 1. The van der Waals surface area contributed by atoms with Crippen LogP contribution < -0.4 is 5.56 Å². The summed E-state index contributed by atoms with van der Waals surface area (Å²) in [5.41, 5.74) is 0.660. The van der Waals surface area contributed by atoms with Crippen LogP contribution in [-0.4, -0.2) is 20.6 Å². The van der Waals surface area contributed by atoms with Crippen LogP contribution >= 0.6 is 11.3 Å². The maximum absolute atomic E-state index is 12.8.